The number of carboxylic acid groups (broad SMARTS) is 1. The van der Waals surface area contributed by atoms with Gasteiger partial charge < -0.3 is 5.11 Å². The first-order valence-electron chi connectivity index (χ1n) is 1.74. The predicted octanol–water partition coefficient (Wildman–Crippen LogP) is -1.30. The molecule has 0 saturated heterocycles. The van der Waals surface area contributed by atoms with E-state index in [0.29, 0.717) is 0 Å². The summed E-state index contributed by atoms with van der Waals surface area (Å²) in [5.41, 5.74) is 1.89. The Bertz CT molecular complexity index is 72.9. The minimum Gasteiger partial charge on any atom is -0.483 e. The van der Waals surface area contributed by atoms with Gasteiger partial charge in [-0.05, 0) is 0 Å². The fourth-order valence-corrected chi connectivity index (χ4v) is 0. The Balaban J connectivity index is 0. The van der Waals surface area contributed by atoms with Crippen LogP contribution >= 0.6 is 0 Å². The van der Waals surface area contributed by atoms with Gasteiger partial charge in [-0.15, -0.1) is 0 Å². The third-order valence-corrected chi connectivity index (χ3v) is 0.203. The molecule has 48 valence electrons. The van der Waals surface area contributed by atoms with Crippen LogP contribution in [0.5, 0.6) is 0 Å². The highest BCUT2D eigenvalue weighted by Crippen LogP contribution is 1.41. The molecule has 1 amide bonds. The molecule has 0 fully saturated rings. The molecule has 0 heterocycles. The van der Waals surface area contributed by atoms with Crippen LogP contribution < -0.4 is 11.3 Å². The van der Waals surface area contributed by atoms with Crippen molar-refractivity contribution in [3.63, 3.8) is 0 Å². The molecule has 0 aliphatic rings. The van der Waals surface area contributed by atoms with E-state index in [1.807, 2.05) is 5.43 Å². The molecule has 0 atom stereocenters. The van der Waals surface area contributed by atoms with Crippen molar-refractivity contribution >= 4 is 12.4 Å². The van der Waals surface area contributed by atoms with Gasteiger partial charge >= 0.3 is 0 Å². The van der Waals surface area contributed by atoms with Crippen LogP contribution in [0.15, 0.2) is 0 Å². The summed E-state index contributed by atoms with van der Waals surface area (Å²) < 4.78 is 0. The van der Waals surface area contributed by atoms with E-state index in [-0.39, 0.29) is 12.4 Å². The first-order chi connectivity index (χ1) is 3.68. The van der Waals surface area contributed by atoms with E-state index in [4.69, 9.17) is 9.90 Å². The summed E-state index contributed by atoms with van der Waals surface area (Å²) in [6, 6.07) is 0. The fraction of sp³-hybridized carbons (Fsp3) is 0.333. The minimum absolute atomic E-state index is 0.218. The van der Waals surface area contributed by atoms with Gasteiger partial charge in [0.1, 0.15) is 0 Å². The highest BCUT2D eigenvalue weighted by molar-refractivity contribution is 5.71. The van der Waals surface area contributed by atoms with E-state index in [2.05, 4.69) is 5.84 Å². The maximum Gasteiger partial charge on any atom is 0.290 e. The minimum atomic E-state index is -0.250. The average Bonchev–Trinajstić information content (AvgIpc) is 1.69. The van der Waals surface area contributed by atoms with Crippen molar-refractivity contribution < 1.29 is 14.7 Å². The van der Waals surface area contributed by atoms with Crippen LogP contribution in [0.1, 0.15) is 6.92 Å². The molecule has 0 saturated carbocycles. The van der Waals surface area contributed by atoms with Crippen LogP contribution in [-0.2, 0) is 9.59 Å². The molecule has 0 aromatic heterocycles. The van der Waals surface area contributed by atoms with Gasteiger partial charge in [-0.2, -0.15) is 0 Å². The highest BCUT2D eigenvalue weighted by Gasteiger charge is 1.73. The summed E-state index contributed by atoms with van der Waals surface area (Å²) >= 11 is 0. The lowest BCUT2D eigenvalue weighted by atomic mass is 10.8. The molecular formula is C3H8N2O3. The Hall–Kier alpha value is -1.10. The number of rotatable bonds is 0. The predicted molar refractivity (Wildman–Crippen MR) is 26.7 cm³/mol. The zero-order chi connectivity index (χ0) is 6.99. The van der Waals surface area contributed by atoms with Crippen LogP contribution in [-0.4, -0.2) is 17.5 Å². The summed E-state index contributed by atoms with van der Waals surface area (Å²) in [7, 11) is 0. The zero-order valence-corrected chi connectivity index (χ0v) is 4.42. The van der Waals surface area contributed by atoms with Gasteiger partial charge in [0.25, 0.3) is 6.47 Å². The standard InChI is InChI=1S/C2H6N2O.CH2O2/c1-2(5)4-3;2-1-3/h3H2,1H3,(H,4,5);1H,(H,2,3). The molecule has 4 N–H and O–H groups in total. The molecule has 5 nitrogen and oxygen atoms in total. The Kier molecular flexibility index (Phi) is 11.6. The third kappa shape index (κ3) is 92.0. The molecule has 0 unspecified atom stereocenters. The monoisotopic (exact) mass is 120 g/mol. The first-order valence-corrected chi connectivity index (χ1v) is 1.74. The molecule has 0 bridgehead atoms. The second-order valence-electron chi connectivity index (χ2n) is 0.806. The van der Waals surface area contributed by atoms with Crippen LogP contribution in [0.4, 0.5) is 0 Å². The number of nitrogens with one attached hydrogen (secondary N) is 1. The van der Waals surface area contributed by atoms with E-state index in [1.54, 1.807) is 0 Å². The molecule has 0 aromatic rings. The third-order valence-electron chi connectivity index (χ3n) is 0.203. The second-order valence-corrected chi connectivity index (χ2v) is 0.806. The topological polar surface area (TPSA) is 92.4 Å². The summed E-state index contributed by atoms with van der Waals surface area (Å²) in [6.07, 6.45) is 0. The van der Waals surface area contributed by atoms with Crippen LogP contribution in [0, 0.1) is 0 Å². The first kappa shape index (κ1) is 10.0. The molecule has 0 aromatic carbocycles. The van der Waals surface area contributed by atoms with Crippen LogP contribution in [0.2, 0.25) is 0 Å². The summed E-state index contributed by atoms with van der Waals surface area (Å²) in [5.74, 6) is 4.35. The number of amides is 1. The average molecular weight is 120 g/mol. The largest absolute Gasteiger partial charge is 0.483 e. The summed E-state index contributed by atoms with van der Waals surface area (Å²) in [4.78, 5) is 17.9. The quantitative estimate of drug-likeness (QED) is 0.160. The Morgan fingerprint density at radius 1 is 1.88 bits per heavy atom. The van der Waals surface area contributed by atoms with E-state index in [1.165, 1.54) is 6.92 Å². The number of carbonyl (C=O) groups excluding carboxylic acids is 1. The lowest BCUT2D eigenvalue weighted by Crippen LogP contribution is -2.26. The van der Waals surface area contributed by atoms with Gasteiger partial charge in [0, 0.05) is 6.92 Å². The van der Waals surface area contributed by atoms with Crippen molar-refractivity contribution in [2.24, 2.45) is 5.84 Å². The normalized spacial score (nSPS) is 5.75. The molecule has 0 rings (SSSR count). The van der Waals surface area contributed by atoms with Crippen molar-refractivity contribution in [1.82, 2.24) is 5.43 Å². The lowest BCUT2D eigenvalue weighted by molar-refractivity contribution is -0.123. The molecule has 8 heavy (non-hydrogen) atoms. The van der Waals surface area contributed by atoms with Crippen molar-refractivity contribution in [3.8, 4) is 0 Å². The van der Waals surface area contributed by atoms with Crippen LogP contribution in [0.3, 0.4) is 0 Å². The SMILES string of the molecule is CC(=O)NN.O=CO. The van der Waals surface area contributed by atoms with Gasteiger partial charge in [0.05, 0.1) is 0 Å². The summed E-state index contributed by atoms with van der Waals surface area (Å²) in [5, 5.41) is 6.89. The maximum absolute atomic E-state index is 9.58. The number of carbonyl (C=O) groups is 2. The number of hydrazine groups is 1. The molecule has 0 radical (unpaired) electrons. The number of hydrogen-bond acceptors (Lipinski definition) is 3. The van der Waals surface area contributed by atoms with Crippen molar-refractivity contribution in [2.75, 3.05) is 0 Å². The molecule has 0 spiro atoms. The van der Waals surface area contributed by atoms with E-state index < -0.39 is 0 Å². The molecule has 0 aliphatic heterocycles. The van der Waals surface area contributed by atoms with Crippen molar-refractivity contribution in [1.29, 1.82) is 0 Å². The van der Waals surface area contributed by atoms with E-state index in [9.17, 15) is 4.79 Å². The zero-order valence-electron chi connectivity index (χ0n) is 4.42. The Morgan fingerprint density at radius 2 is 2.00 bits per heavy atom. The smallest absolute Gasteiger partial charge is 0.290 e. The van der Waals surface area contributed by atoms with E-state index in [0.717, 1.165) is 0 Å². The lowest BCUT2D eigenvalue weighted by Gasteiger charge is -1.80. The second kappa shape index (κ2) is 9.31. The van der Waals surface area contributed by atoms with E-state index >= 15 is 0 Å². The van der Waals surface area contributed by atoms with Crippen LogP contribution in [0.25, 0.3) is 0 Å². The Morgan fingerprint density at radius 3 is 2.00 bits per heavy atom. The number of hydrogen-bond donors (Lipinski definition) is 3. The fourth-order valence-electron chi connectivity index (χ4n) is 0. The van der Waals surface area contributed by atoms with Gasteiger partial charge in [0.2, 0.25) is 5.91 Å². The molecular weight excluding hydrogens is 112 g/mol. The maximum atomic E-state index is 9.58. The van der Waals surface area contributed by atoms with Crippen molar-refractivity contribution in [3.05, 3.63) is 0 Å². The van der Waals surface area contributed by atoms with Gasteiger partial charge in [-0.25, -0.2) is 5.84 Å². The van der Waals surface area contributed by atoms with Gasteiger partial charge in [-0.1, -0.05) is 0 Å². The van der Waals surface area contributed by atoms with Gasteiger partial charge in [0.15, 0.2) is 0 Å². The van der Waals surface area contributed by atoms with Crippen molar-refractivity contribution in [2.45, 2.75) is 6.92 Å². The summed E-state index contributed by atoms with van der Waals surface area (Å²) in [6.45, 7) is 1.10. The molecule has 5 heteroatoms. The molecule has 0 aliphatic carbocycles. The Labute approximate surface area is 46.5 Å². The van der Waals surface area contributed by atoms with Gasteiger partial charge in [-0.3, -0.25) is 15.0 Å². The highest BCUT2D eigenvalue weighted by atomic mass is 16.3. The number of nitrogens with two attached hydrogens (primary N) is 1.